The Balaban J connectivity index is 4.46. The van der Waals surface area contributed by atoms with Gasteiger partial charge in [0, 0.05) is 19.3 Å². The van der Waals surface area contributed by atoms with E-state index in [1.807, 2.05) is 0 Å². The van der Waals surface area contributed by atoms with Crippen molar-refractivity contribution >= 4 is 17.9 Å². The minimum atomic E-state index is -0.808. The zero-order chi connectivity index (χ0) is 47.9. The first kappa shape index (κ1) is 62.1. The van der Waals surface area contributed by atoms with Gasteiger partial charge in [0.15, 0.2) is 6.10 Å². The highest BCUT2D eigenvalue weighted by Gasteiger charge is 2.19. The molecule has 0 aromatic carbocycles. The average Bonchev–Trinajstić information content (AvgIpc) is 3.31. The van der Waals surface area contributed by atoms with Crippen molar-refractivity contribution in [1.29, 1.82) is 0 Å². The monoisotopic (exact) mass is 915 g/mol. The predicted molar refractivity (Wildman–Crippen MR) is 283 cm³/mol. The van der Waals surface area contributed by atoms with Gasteiger partial charge in [0.05, 0.1) is 0 Å². The van der Waals surface area contributed by atoms with Gasteiger partial charge >= 0.3 is 17.9 Å². The van der Waals surface area contributed by atoms with Crippen LogP contribution in [0, 0.1) is 0 Å². The summed E-state index contributed by atoms with van der Waals surface area (Å²) >= 11 is 0. The molecule has 0 bridgehead atoms. The van der Waals surface area contributed by atoms with Crippen LogP contribution in [0.15, 0.2) is 109 Å². The molecule has 6 nitrogen and oxygen atoms in total. The van der Waals surface area contributed by atoms with Crippen LogP contribution < -0.4 is 0 Å². The highest BCUT2D eigenvalue weighted by molar-refractivity contribution is 5.71. The highest BCUT2D eigenvalue weighted by atomic mass is 16.6. The van der Waals surface area contributed by atoms with Crippen LogP contribution in [0.25, 0.3) is 0 Å². The van der Waals surface area contributed by atoms with Crippen molar-refractivity contribution in [1.82, 2.24) is 0 Å². The van der Waals surface area contributed by atoms with Gasteiger partial charge in [0.1, 0.15) is 13.2 Å². The second-order valence-electron chi connectivity index (χ2n) is 17.4. The normalized spacial score (nSPS) is 13.0. The van der Waals surface area contributed by atoms with Crippen molar-refractivity contribution < 1.29 is 28.6 Å². The predicted octanol–water partition coefficient (Wildman–Crippen LogP) is 17.9. The molecule has 1 atom stereocenters. The molecule has 0 N–H and O–H groups in total. The van der Waals surface area contributed by atoms with Gasteiger partial charge in [0.25, 0.3) is 0 Å². The summed E-state index contributed by atoms with van der Waals surface area (Å²) in [5.74, 6) is -0.984. The molecule has 0 fully saturated rings. The number of hydrogen-bond acceptors (Lipinski definition) is 6. The Morgan fingerprint density at radius 2 is 0.606 bits per heavy atom. The standard InChI is InChI=1S/C60H98O6/c1-4-7-10-13-16-19-22-24-26-27-28-29-30-31-32-33-35-36-38-41-44-47-50-53-59(62)65-56-57(55-64-58(61)52-49-46-43-40-21-18-15-12-9-6-3)66-60(63)54-51-48-45-42-39-37-34-25-23-20-17-14-11-8-5-2/h7,10,16-17,19-20,24-26,28-29,31-32,34-36,41,44,57H,4-6,8-9,11-15,18,21-23,27,30,33,37-40,42-43,45-56H2,1-3H3/b10-7-,19-16-,20-17-,26-24-,29-28-,32-31-,34-25-,36-35-,44-41-. The fourth-order valence-corrected chi connectivity index (χ4v) is 6.99. The van der Waals surface area contributed by atoms with E-state index < -0.39 is 6.10 Å². The number of hydrogen-bond donors (Lipinski definition) is 0. The first-order chi connectivity index (χ1) is 32.5. The van der Waals surface area contributed by atoms with Crippen LogP contribution in [0.4, 0.5) is 0 Å². The van der Waals surface area contributed by atoms with Gasteiger partial charge in [-0.15, -0.1) is 0 Å². The third-order valence-corrected chi connectivity index (χ3v) is 11.0. The summed E-state index contributed by atoms with van der Waals surface area (Å²) < 4.78 is 16.7. The van der Waals surface area contributed by atoms with Gasteiger partial charge in [-0.2, -0.15) is 0 Å². The van der Waals surface area contributed by atoms with Crippen LogP contribution in [-0.2, 0) is 28.6 Å². The summed E-state index contributed by atoms with van der Waals surface area (Å²) in [5.41, 5.74) is 0. The van der Waals surface area contributed by atoms with Gasteiger partial charge in [-0.3, -0.25) is 14.4 Å². The molecule has 0 aliphatic rings. The van der Waals surface area contributed by atoms with Crippen molar-refractivity contribution in [3.05, 3.63) is 109 Å². The van der Waals surface area contributed by atoms with Gasteiger partial charge in [-0.1, -0.05) is 220 Å². The molecule has 1 unspecified atom stereocenters. The molecule has 0 amide bonds. The fraction of sp³-hybridized carbons (Fsp3) is 0.650. The van der Waals surface area contributed by atoms with Crippen LogP contribution in [-0.4, -0.2) is 37.2 Å². The molecule has 0 aromatic rings. The second-order valence-corrected chi connectivity index (χ2v) is 17.4. The number of ether oxygens (including phenoxy) is 3. The summed E-state index contributed by atoms with van der Waals surface area (Å²) in [4.78, 5) is 38.0. The largest absolute Gasteiger partial charge is 0.462 e. The third kappa shape index (κ3) is 51.1. The maximum Gasteiger partial charge on any atom is 0.306 e. The Labute approximate surface area is 406 Å². The molecule has 374 valence electrons. The summed E-state index contributed by atoms with van der Waals surface area (Å²) in [6, 6.07) is 0. The highest BCUT2D eigenvalue weighted by Crippen LogP contribution is 2.13. The number of esters is 3. The minimum absolute atomic E-state index is 0.102. The third-order valence-electron chi connectivity index (χ3n) is 11.0. The number of unbranched alkanes of at least 4 members (excludes halogenated alkanes) is 18. The van der Waals surface area contributed by atoms with Crippen LogP contribution in [0.5, 0.6) is 0 Å². The number of carbonyl (C=O) groups excluding carboxylic acids is 3. The first-order valence-electron chi connectivity index (χ1n) is 26.9. The van der Waals surface area contributed by atoms with Crippen molar-refractivity contribution in [3.63, 3.8) is 0 Å². The molecular weight excluding hydrogens is 817 g/mol. The van der Waals surface area contributed by atoms with E-state index in [0.717, 1.165) is 116 Å². The summed E-state index contributed by atoms with van der Waals surface area (Å²) in [6.45, 7) is 6.41. The molecule has 0 spiro atoms. The minimum Gasteiger partial charge on any atom is -0.462 e. The SMILES string of the molecule is CC/C=C\C/C=C\C/C=C\C/C=C\C/C=C\C/C=C\C/C=C\CCCC(=O)OCC(COC(=O)CCCCCCCCCCCC)OC(=O)CCCCCCC/C=C\C/C=C\CCCCC. The molecule has 0 aliphatic carbocycles. The van der Waals surface area contributed by atoms with E-state index in [9.17, 15) is 14.4 Å². The van der Waals surface area contributed by atoms with Crippen molar-refractivity contribution in [2.45, 2.75) is 239 Å². The Hall–Kier alpha value is -3.93. The van der Waals surface area contributed by atoms with E-state index in [1.54, 1.807) is 0 Å². The van der Waals surface area contributed by atoms with Crippen LogP contribution in [0.2, 0.25) is 0 Å². The zero-order valence-electron chi connectivity index (χ0n) is 42.7. The van der Waals surface area contributed by atoms with Gasteiger partial charge in [0.2, 0.25) is 0 Å². The lowest BCUT2D eigenvalue weighted by Crippen LogP contribution is -2.30. The summed E-state index contributed by atoms with van der Waals surface area (Å²) in [7, 11) is 0. The van der Waals surface area contributed by atoms with Crippen LogP contribution in [0.1, 0.15) is 233 Å². The molecule has 0 saturated carbocycles. The van der Waals surface area contributed by atoms with E-state index in [1.165, 1.54) is 70.6 Å². The molecular formula is C60H98O6. The summed E-state index contributed by atoms with van der Waals surface area (Å²) in [6.07, 6.45) is 72.2. The van der Waals surface area contributed by atoms with Crippen LogP contribution >= 0.6 is 0 Å². The molecule has 0 rings (SSSR count). The molecule has 0 heterocycles. The molecule has 6 heteroatoms. The molecule has 66 heavy (non-hydrogen) atoms. The van der Waals surface area contributed by atoms with E-state index in [-0.39, 0.29) is 37.5 Å². The smallest absolute Gasteiger partial charge is 0.306 e. The Morgan fingerprint density at radius 3 is 1.02 bits per heavy atom. The quantitative estimate of drug-likeness (QED) is 0.0262. The van der Waals surface area contributed by atoms with Crippen molar-refractivity contribution in [2.24, 2.45) is 0 Å². The van der Waals surface area contributed by atoms with E-state index in [0.29, 0.717) is 19.3 Å². The lowest BCUT2D eigenvalue weighted by Gasteiger charge is -2.18. The Kier molecular flexibility index (Phi) is 50.5. The Morgan fingerprint density at radius 1 is 0.318 bits per heavy atom. The second kappa shape index (κ2) is 53.7. The van der Waals surface area contributed by atoms with Gasteiger partial charge in [-0.25, -0.2) is 0 Å². The lowest BCUT2D eigenvalue weighted by atomic mass is 10.1. The number of allylic oxidation sites excluding steroid dienone is 18. The van der Waals surface area contributed by atoms with E-state index in [4.69, 9.17) is 14.2 Å². The Bertz CT molecular complexity index is 1370. The molecule has 0 aromatic heterocycles. The molecule has 0 saturated heterocycles. The van der Waals surface area contributed by atoms with Crippen LogP contribution in [0.3, 0.4) is 0 Å². The number of carbonyl (C=O) groups is 3. The first-order valence-corrected chi connectivity index (χ1v) is 26.9. The fourth-order valence-electron chi connectivity index (χ4n) is 6.99. The van der Waals surface area contributed by atoms with Crippen molar-refractivity contribution in [3.8, 4) is 0 Å². The maximum absolute atomic E-state index is 12.8. The topological polar surface area (TPSA) is 78.9 Å². The van der Waals surface area contributed by atoms with Gasteiger partial charge in [-0.05, 0) is 103 Å². The average molecular weight is 915 g/mol. The van der Waals surface area contributed by atoms with Crippen molar-refractivity contribution in [2.75, 3.05) is 13.2 Å². The lowest BCUT2D eigenvalue weighted by molar-refractivity contribution is -0.167. The zero-order valence-corrected chi connectivity index (χ0v) is 42.7. The maximum atomic E-state index is 12.8. The van der Waals surface area contributed by atoms with E-state index in [2.05, 4.69) is 130 Å². The van der Waals surface area contributed by atoms with E-state index >= 15 is 0 Å². The molecule has 0 aliphatic heterocycles. The number of rotatable bonds is 47. The summed E-state index contributed by atoms with van der Waals surface area (Å²) in [5, 5.41) is 0. The molecule has 0 radical (unpaired) electrons. The van der Waals surface area contributed by atoms with Gasteiger partial charge < -0.3 is 14.2 Å².